The third-order valence-electron chi connectivity index (χ3n) is 1.98. The molecule has 0 spiro atoms. The van der Waals surface area contributed by atoms with Crippen LogP contribution in [-0.4, -0.2) is 25.2 Å². The summed E-state index contributed by atoms with van der Waals surface area (Å²) in [7, 11) is 1.70. The van der Waals surface area contributed by atoms with E-state index >= 15 is 0 Å². The van der Waals surface area contributed by atoms with Crippen LogP contribution in [0.1, 0.15) is 6.92 Å². The van der Waals surface area contributed by atoms with Crippen LogP contribution in [-0.2, 0) is 4.74 Å². The number of methoxy groups -OCH3 is 1. The molecular formula is C10H18N4O. The third-order valence-corrected chi connectivity index (χ3v) is 1.98. The maximum Gasteiger partial charge on any atom is 0.142 e. The van der Waals surface area contributed by atoms with Gasteiger partial charge in [-0.05, 0) is 18.1 Å². The topological polar surface area (TPSA) is 72.2 Å². The summed E-state index contributed by atoms with van der Waals surface area (Å²) in [6.45, 7) is 3.68. The first-order chi connectivity index (χ1) is 7.26. The van der Waals surface area contributed by atoms with Gasteiger partial charge in [0.2, 0.25) is 0 Å². The molecule has 0 aliphatic rings. The van der Waals surface area contributed by atoms with Crippen LogP contribution in [0.15, 0.2) is 18.2 Å². The zero-order valence-electron chi connectivity index (χ0n) is 9.16. The summed E-state index contributed by atoms with van der Waals surface area (Å²) in [5, 5.41) is 3.22. The van der Waals surface area contributed by atoms with E-state index in [1.54, 1.807) is 7.11 Å². The van der Waals surface area contributed by atoms with Crippen LogP contribution in [0, 0.1) is 5.92 Å². The first kappa shape index (κ1) is 11.7. The number of nitrogens with one attached hydrogen (secondary N) is 2. The lowest BCUT2D eigenvalue weighted by molar-refractivity contribution is 0.164. The molecule has 1 aromatic rings. The SMILES string of the molecule is COCC(C)CNc1cccc(NN)n1. The number of hydrazine groups is 1. The molecule has 0 aromatic carbocycles. The number of aromatic nitrogens is 1. The second-order valence-corrected chi connectivity index (χ2v) is 3.49. The second-order valence-electron chi connectivity index (χ2n) is 3.49. The normalized spacial score (nSPS) is 12.2. The Morgan fingerprint density at radius 3 is 2.87 bits per heavy atom. The Balaban J connectivity index is 2.43. The fourth-order valence-electron chi connectivity index (χ4n) is 1.24. The van der Waals surface area contributed by atoms with E-state index in [0.29, 0.717) is 11.7 Å². The van der Waals surface area contributed by atoms with E-state index in [1.165, 1.54) is 0 Å². The van der Waals surface area contributed by atoms with Crippen LogP contribution in [0.4, 0.5) is 11.6 Å². The first-order valence-electron chi connectivity index (χ1n) is 4.92. The molecule has 1 aromatic heterocycles. The Bertz CT molecular complexity index is 293. The van der Waals surface area contributed by atoms with E-state index in [2.05, 4.69) is 22.7 Å². The van der Waals surface area contributed by atoms with Crippen molar-refractivity contribution >= 4 is 11.6 Å². The molecule has 5 heteroatoms. The Morgan fingerprint density at radius 1 is 1.47 bits per heavy atom. The number of hydrogen-bond donors (Lipinski definition) is 3. The zero-order valence-corrected chi connectivity index (χ0v) is 9.16. The van der Waals surface area contributed by atoms with E-state index in [0.717, 1.165) is 19.0 Å². The van der Waals surface area contributed by atoms with Crippen molar-refractivity contribution in [2.24, 2.45) is 11.8 Å². The smallest absolute Gasteiger partial charge is 0.142 e. The molecule has 4 N–H and O–H groups in total. The minimum absolute atomic E-state index is 0.450. The van der Waals surface area contributed by atoms with Crippen LogP contribution in [0.25, 0.3) is 0 Å². The van der Waals surface area contributed by atoms with Gasteiger partial charge in [-0.2, -0.15) is 0 Å². The van der Waals surface area contributed by atoms with Crippen molar-refractivity contribution in [2.75, 3.05) is 31.0 Å². The van der Waals surface area contributed by atoms with Crippen molar-refractivity contribution < 1.29 is 4.74 Å². The van der Waals surface area contributed by atoms with Crippen LogP contribution in [0.5, 0.6) is 0 Å². The minimum atomic E-state index is 0.450. The molecule has 0 radical (unpaired) electrons. The average molecular weight is 210 g/mol. The number of anilines is 2. The van der Waals surface area contributed by atoms with Crippen molar-refractivity contribution in [3.05, 3.63) is 18.2 Å². The number of ether oxygens (including phenoxy) is 1. The quantitative estimate of drug-likeness (QED) is 0.484. The van der Waals surface area contributed by atoms with Crippen LogP contribution in [0.2, 0.25) is 0 Å². The molecule has 1 rings (SSSR count). The van der Waals surface area contributed by atoms with Gasteiger partial charge in [-0.1, -0.05) is 13.0 Å². The summed E-state index contributed by atoms with van der Waals surface area (Å²) in [6.07, 6.45) is 0. The van der Waals surface area contributed by atoms with Gasteiger partial charge < -0.3 is 15.5 Å². The highest BCUT2D eigenvalue weighted by atomic mass is 16.5. The Labute approximate surface area is 90.0 Å². The zero-order chi connectivity index (χ0) is 11.1. The number of nitrogen functional groups attached to an aromatic ring is 1. The van der Waals surface area contributed by atoms with Crippen LogP contribution >= 0.6 is 0 Å². The van der Waals surface area contributed by atoms with Gasteiger partial charge in [0, 0.05) is 13.7 Å². The van der Waals surface area contributed by atoms with Crippen molar-refractivity contribution in [2.45, 2.75) is 6.92 Å². The number of pyridine rings is 1. The van der Waals surface area contributed by atoms with Gasteiger partial charge in [0.15, 0.2) is 0 Å². The van der Waals surface area contributed by atoms with E-state index in [4.69, 9.17) is 10.6 Å². The largest absolute Gasteiger partial charge is 0.384 e. The predicted octanol–water partition coefficient (Wildman–Crippen LogP) is 1.06. The van der Waals surface area contributed by atoms with Crippen molar-refractivity contribution in [3.8, 4) is 0 Å². The molecule has 0 bridgehead atoms. The maximum absolute atomic E-state index is 5.26. The molecule has 1 atom stereocenters. The van der Waals surface area contributed by atoms with Gasteiger partial charge in [0.1, 0.15) is 11.6 Å². The molecule has 0 fully saturated rings. The Kier molecular flexibility index (Phi) is 4.86. The highest BCUT2D eigenvalue weighted by Gasteiger charge is 2.01. The third kappa shape index (κ3) is 4.14. The highest BCUT2D eigenvalue weighted by molar-refractivity contribution is 5.44. The van der Waals surface area contributed by atoms with E-state index in [9.17, 15) is 0 Å². The summed E-state index contributed by atoms with van der Waals surface area (Å²) >= 11 is 0. The van der Waals surface area contributed by atoms with Crippen molar-refractivity contribution in [1.82, 2.24) is 4.98 Å². The van der Waals surface area contributed by atoms with Crippen molar-refractivity contribution in [3.63, 3.8) is 0 Å². The highest BCUT2D eigenvalue weighted by Crippen LogP contribution is 2.08. The Hall–Kier alpha value is -1.33. The molecular weight excluding hydrogens is 192 g/mol. The van der Waals surface area contributed by atoms with Crippen LogP contribution < -0.4 is 16.6 Å². The van der Waals surface area contributed by atoms with Crippen molar-refractivity contribution in [1.29, 1.82) is 0 Å². The standard InChI is InChI=1S/C10H18N4O/c1-8(7-15-2)6-12-9-4-3-5-10(13-9)14-11/h3-5,8H,6-7,11H2,1-2H3,(H2,12,13,14). The van der Waals surface area contributed by atoms with Crippen LogP contribution in [0.3, 0.4) is 0 Å². The van der Waals surface area contributed by atoms with E-state index in [1.807, 2.05) is 18.2 Å². The lowest BCUT2D eigenvalue weighted by Gasteiger charge is -2.12. The molecule has 1 heterocycles. The molecule has 1 unspecified atom stereocenters. The van der Waals surface area contributed by atoms with E-state index < -0.39 is 0 Å². The summed E-state index contributed by atoms with van der Waals surface area (Å²) in [5.74, 6) is 7.18. The Morgan fingerprint density at radius 2 is 2.20 bits per heavy atom. The number of nitrogens with zero attached hydrogens (tertiary/aromatic N) is 1. The monoisotopic (exact) mass is 210 g/mol. The molecule has 84 valence electrons. The van der Waals surface area contributed by atoms with Gasteiger partial charge in [-0.15, -0.1) is 0 Å². The maximum atomic E-state index is 5.26. The minimum Gasteiger partial charge on any atom is -0.384 e. The lowest BCUT2D eigenvalue weighted by atomic mass is 10.2. The fraction of sp³-hybridized carbons (Fsp3) is 0.500. The number of rotatable bonds is 6. The molecule has 0 saturated carbocycles. The predicted molar refractivity (Wildman–Crippen MR) is 61.6 cm³/mol. The molecule has 15 heavy (non-hydrogen) atoms. The molecule has 5 nitrogen and oxygen atoms in total. The van der Waals surface area contributed by atoms with Gasteiger partial charge >= 0.3 is 0 Å². The summed E-state index contributed by atoms with van der Waals surface area (Å²) in [5.41, 5.74) is 2.50. The van der Waals surface area contributed by atoms with Gasteiger partial charge in [0.25, 0.3) is 0 Å². The number of hydrogen-bond acceptors (Lipinski definition) is 5. The molecule has 0 aliphatic heterocycles. The van der Waals surface area contributed by atoms with Gasteiger partial charge in [0.05, 0.1) is 6.61 Å². The second kappa shape index (κ2) is 6.21. The van der Waals surface area contributed by atoms with Gasteiger partial charge in [-0.25, -0.2) is 10.8 Å². The van der Waals surface area contributed by atoms with E-state index in [-0.39, 0.29) is 0 Å². The average Bonchev–Trinajstić information content (AvgIpc) is 2.27. The number of nitrogens with two attached hydrogens (primary N) is 1. The lowest BCUT2D eigenvalue weighted by Crippen LogP contribution is -2.17. The first-order valence-corrected chi connectivity index (χ1v) is 4.92. The van der Waals surface area contributed by atoms with Gasteiger partial charge in [-0.3, -0.25) is 0 Å². The molecule has 0 saturated heterocycles. The summed E-state index contributed by atoms with van der Waals surface area (Å²) < 4.78 is 5.04. The summed E-state index contributed by atoms with van der Waals surface area (Å²) in [6, 6.07) is 5.61. The fourth-order valence-corrected chi connectivity index (χ4v) is 1.24. The summed E-state index contributed by atoms with van der Waals surface area (Å²) in [4.78, 5) is 4.24. The molecule has 0 aliphatic carbocycles. The molecule has 0 amide bonds.